The summed E-state index contributed by atoms with van der Waals surface area (Å²) in [4.78, 5) is 23.1. The molecule has 0 heterocycles. The van der Waals surface area contributed by atoms with Crippen molar-refractivity contribution in [3.8, 4) is 0 Å². The van der Waals surface area contributed by atoms with E-state index in [4.69, 9.17) is 0 Å². The van der Waals surface area contributed by atoms with Gasteiger partial charge in [0.05, 0.1) is 16.9 Å². The Labute approximate surface area is 158 Å². The minimum absolute atomic E-state index is 0.167. The molecule has 0 radical (unpaired) electrons. The maximum Gasteiger partial charge on any atom is 0.271 e. The summed E-state index contributed by atoms with van der Waals surface area (Å²) in [5, 5.41) is 13.5. The molecular weight excluding hydrogens is 370 g/mol. The summed E-state index contributed by atoms with van der Waals surface area (Å²) in [5.74, 6) is -0.565. The number of carbonyl (C=O) groups excluding carboxylic acids is 1. The Morgan fingerprint density at radius 2 is 1.89 bits per heavy atom. The topological polar surface area (TPSA) is 110 Å². The Balaban J connectivity index is 2.38. The van der Waals surface area contributed by atoms with Crippen LogP contribution in [0.15, 0.2) is 48.5 Å². The minimum atomic E-state index is -3.74. The van der Waals surface area contributed by atoms with Crippen LogP contribution in [-0.4, -0.2) is 31.5 Å². The number of nitrogens with zero attached hydrogens (tertiary/aromatic N) is 2. The maximum atomic E-state index is 12.8. The molecule has 1 N–H and O–H groups in total. The third-order valence-electron chi connectivity index (χ3n) is 3.91. The van der Waals surface area contributed by atoms with Gasteiger partial charge in [0.25, 0.3) is 5.69 Å². The van der Waals surface area contributed by atoms with Crippen LogP contribution >= 0.6 is 0 Å². The molecule has 0 aliphatic heterocycles. The summed E-state index contributed by atoms with van der Waals surface area (Å²) < 4.78 is 25.9. The van der Waals surface area contributed by atoms with E-state index >= 15 is 0 Å². The number of rotatable bonds is 7. The van der Waals surface area contributed by atoms with Gasteiger partial charge in [-0.1, -0.05) is 25.1 Å². The molecule has 0 saturated heterocycles. The Morgan fingerprint density at radius 1 is 1.22 bits per heavy atom. The number of hydrogen-bond acceptors (Lipinski definition) is 5. The lowest BCUT2D eigenvalue weighted by Gasteiger charge is -2.30. The van der Waals surface area contributed by atoms with Gasteiger partial charge >= 0.3 is 0 Å². The largest absolute Gasteiger partial charge is 0.324 e. The van der Waals surface area contributed by atoms with E-state index in [0.717, 1.165) is 16.1 Å². The molecule has 2 aromatic carbocycles. The average molecular weight is 391 g/mol. The van der Waals surface area contributed by atoms with Crippen molar-refractivity contribution in [2.75, 3.05) is 15.9 Å². The maximum absolute atomic E-state index is 12.8. The highest BCUT2D eigenvalue weighted by Crippen LogP contribution is 2.25. The number of benzene rings is 2. The van der Waals surface area contributed by atoms with Gasteiger partial charge in [-0.3, -0.25) is 19.2 Å². The van der Waals surface area contributed by atoms with Crippen LogP contribution in [0.1, 0.15) is 18.9 Å². The highest BCUT2D eigenvalue weighted by Gasteiger charge is 2.31. The molecule has 0 saturated carbocycles. The van der Waals surface area contributed by atoms with Crippen molar-refractivity contribution in [2.24, 2.45) is 0 Å². The van der Waals surface area contributed by atoms with E-state index in [1.807, 2.05) is 13.0 Å². The van der Waals surface area contributed by atoms with E-state index < -0.39 is 26.9 Å². The molecule has 27 heavy (non-hydrogen) atoms. The number of nitrogens with one attached hydrogen (secondary N) is 1. The van der Waals surface area contributed by atoms with Gasteiger partial charge < -0.3 is 5.32 Å². The second kappa shape index (κ2) is 8.17. The standard InChI is InChI=1S/C18H21N3O5S/c1-4-17(18(22)19-14-8-6-10-16(12-14)21(23)24)20(27(3,25)26)15-9-5-7-13(2)11-15/h5-12,17H,4H2,1-3H3,(H,19,22). The Kier molecular flexibility index (Phi) is 6.17. The van der Waals surface area contributed by atoms with Crippen LogP contribution in [0, 0.1) is 17.0 Å². The fourth-order valence-electron chi connectivity index (χ4n) is 2.75. The molecule has 0 fully saturated rings. The molecule has 1 unspecified atom stereocenters. The first-order chi connectivity index (χ1) is 12.6. The summed E-state index contributed by atoms with van der Waals surface area (Å²) in [6.45, 7) is 3.53. The minimum Gasteiger partial charge on any atom is -0.324 e. The van der Waals surface area contributed by atoms with Gasteiger partial charge in [0.2, 0.25) is 15.9 Å². The zero-order valence-electron chi connectivity index (χ0n) is 15.2. The van der Waals surface area contributed by atoms with Crippen molar-refractivity contribution in [3.63, 3.8) is 0 Å². The summed E-state index contributed by atoms with van der Waals surface area (Å²) >= 11 is 0. The molecule has 0 spiro atoms. The van der Waals surface area contributed by atoms with Gasteiger partial charge in [0.15, 0.2) is 0 Å². The quantitative estimate of drug-likeness (QED) is 0.576. The van der Waals surface area contributed by atoms with Crippen LogP contribution in [-0.2, 0) is 14.8 Å². The SMILES string of the molecule is CCC(C(=O)Nc1cccc([N+](=O)[O-])c1)N(c1cccc(C)c1)S(C)(=O)=O. The molecule has 8 nitrogen and oxygen atoms in total. The third kappa shape index (κ3) is 5.04. The molecule has 1 atom stereocenters. The monoisotopic (exact) mass is 391 g/mol. The van der Waals surface area contributed by atoms with E-state index in [1.54, 1.807) is 25.1 Å². The van der Waals surface area contributed by atoms with Crippen LogP contribution < -0.4 is 9.62 Å². The van der Waals surface area contributed by atoms with Crippen molar-refractivity contribution >= 4 is 33.0 Å². The number of nitro benzene ring substituents is 1. The molecule has 9 heteroatoms. The van der Waals surface area contributed by atoms with Gasteiger partial charge in [-0.25, -0.2) is 8.42 Å². The van der Waals surface area contributed by atoms with Crippen molar-refractivity contribution in [2.45, 2.75) is 26.3 Å². The summed E-state index contributed by atoms with van der Waals surface area (Å²) in [6, 6.07) is 11.3. The fraction of sp³-hybridized carbons (Fsp3) is 0.278. The fourth-order valence-corrected chi connectivity index (χ4v) is 3.95. The highest BCUT2D eigenvalue weighted by atomic mass is 32.2. The van der Waals surface area contributed by atoms with Crippen LogP contribution in [0.5, 0.6) is 0 Å². The van der Waals surface area contributed by atoms with Gasteiger partial charge in [-0.05, 0) is 37.1 Å². The number of amides is 1. The van der Waals surface area contributed by atoms with Crippen molar-refractivity contribution in [1.82, 2.24) is 0 Å². The van der Waals surface area contributed by atoms with Crippen molar-refractivity contribution < 1.29 is 18.1 Å². The van der Waals surface area contributed by atoms with E-state index in [9.17, 15) is 23.3 Å². The number of hydrogen-bond donors (Lipinski definition) is 1. The Hall–Kier alpha value is -2.94. The first-order valence-electron chi connectivity index (χ1n) is 8.25. The lowest BCUT2D eigenvalue weighted by molar-refractivity contribution is -0.384. The normalized spacial score (nSPS) is 12.3. The van der Waals surface area contributed by atoms with Gasteiger partial charge in [0, 0.05) is 17.8 Å². The van der Waals surface area contributed by atoms with Crippen molar-refractivity contribution in [3.05, 3.63) is 64.2 Å². The Bertz CT molecular complexity index is 959. The zero-order valence-corrected chi connectivity index (χ0v) is 16.1. The van der Waals surface area contributed by atoms with Gasteiger partial charge in [-0.2, -0.15) is 0 Å². The lowest BCUT2D eigenvalue weighted by atomic mass is 10.1. The molecule has 144 valence electrons. The lowest BCUT2D eigenvalue weighted by Crippen LogP contribution is -2.47. The number of aryl methyl sites for hydroxylation is 1. The number of nitro groups is 1. The molecule has 2 rings (SSSR count). The number of carbonyl (C=O) groups is 1. The highest BCUT2D eigenvalue weighted by molar-refractivity contribution is 7.92. The van der Waals surface area contributed by atoms with E-state index in [2.05, 4.69) is 5.32 Å². The summed E-state index contributed by atoms with van der Waals surface area (Å²) in [6.07, 6.45) is 1.26. The van der Waals surface area contributed by atoms with Crippen LogP contribution in [0.4, 0.5) is 17.1 Å². The molecule has 0 aromatic heterocycles. The van der Waals surface area contributed by atoms with Gasteiger partial charge in [-0.15, -0.1) is 0 Å². The molecule has 2 aromatic rings. The van der Waals surface area contributed by atoms with E-state index in [1.165, 1.54) is 24.3 Å². The molecule has 0 bridgehead atoms. The summed E-state index contributed by atoms with van der Waals surface area (Å²) in [5.41, 5.74) is 1.30. The first kappa shape index (κ1) is 20.4. The molecule has 0 aliphatic rings. The summed E-state index contributed by atoms with van der Waals surface area (Å²) in [7, 11) is -3.74. The predicted octanol–water partition coefficient (Wildman–Crippen LogP) is 3.09. The Morgan fingerprint density at radius 3 is 2.44 bits per heavy atom. The molecule has 0 aliphatic carbocycles. The first-order valence-corrected chi connectivity index (χ1v) is 10.1. The zero-order chi connectivity index (χ0) is 20.2. The smallest absolute Gasteiger partial charge is 0.271 e. The second-order valence-corrected chi connectivity index (χ2v) is 7.98. The predicted molar refractivity (Wildman–Crippen MR) is 104 cm³/mol. The number of anilines is 2. The van der Waals surface area contributed by atoms with E-state index in [-0.39, 0.29) is 17.8 Å². The van der Waals surface area contributed by atoms with Gasteiger partial charge in [0.1, 0.15) is 6.04 Å². The van der Waals surface area contributed by atoms with Crippen LogP contribution in [0.3, 0.4) is 0 Å². The van der Waals surface area contributed by atoms with E-state index in [0.29, 0.717) is 5.69 Å². The second-order valence-electron chi connectivity index (χ2n) is 6.12. The third-order valence-corrected chi connectivity index (χ3v) is 5.09. The van der Waals surface area contributed by atoms with Crippen LogP contribution in [0.25, 0.3) is 0 Å². The average Bonchev–Trinajstić information content (AvgIpc) is 2.58. The molecule has 1 amide bonds. The van der Waals surface area contributed by atoms with Crippen molar-refractivity contribution in [1.29, 1.82) is 0 Å². The number of sulfonamides is 1. The molecular formula is C18H21N3O5S. The van der Waals surface area contributed by atoms with Crippen LogP contribution in [0.2, 0.25) is 0 Å². The number of non-ortho nitro benzene ring substituents is 1.